The van der Waals surface area contributed by atoms with Crippen LogP contribution in [0.25, 0.3) is 0 Å². The lowest BCUT2D eigenvalue weighted by Crippen LogP contribution is -2.05. The van der Waals surface area contributed by atoms with E-state index in [0.29, 0.717) is 6.61 Å². The van der Waals surface area contributed by atoms with Crippen LogP contribution >= 0.6 is 8.03 Å². The Morgan fingerprint density at radius 2 is 2.00 bits per heavy atom. The fourth-order valence-corrected chi connectivity index (χ4v) is 2.22. The molecule has 3 heteroatoms. The molecule has 1 unspecified atom stereocenters. The van der Waals surface area contributed by atoms with Gasteiger partial charge in [-0.3, -0.25) is 0 Å². The largest absolute Gasteiger partial charge is 0.548 e. The molecule has 1 atom stereocenters. The highest BCUT2D eigenvalue weighted by Crippen LogP contribution is 2.23. The molecule has 0 aliphatic heterocycles. The van der Waals surface area contributed by atoms with E-state index < -0.39 is 8.03 Å². The van der Waals surface area contributed by atoms with Crippen LogP contribution in [0.3, 0.4) is 0 Å². The van der Waals surface area contributed by atoms with Gasteiger partial charge in [0.2, 0.25) is 5.30 Å². The minimum atomic E-state index is -1.65. The Morgan fingerprint density at radius 3 is 2.62 bits per heavy atom. The van der Waals surface area contributed by atoms with Crippen molar-refractivity contribution in [1.29, 1.82) is 0 Å². The lowest BCUT2D eigenvalue weighted by Gasteiger charge is -1.95. The molecule has 2 nitrogen and oxygen atoms in total. The van der Waals surface area contributed by atoms with Crippen molar-refractivity contribution in [2.24, 2.45) is 0 Å². The Bertz CT molecular complexity index is 297. The predicted octanol–water partition coefficient (Wildman–Crippen LogP) is 2.65. The second kappa shape index (κ2) is 5.11. The average Bonchev–Trinajstić information content (AvgIpc) is 2.18. The minimum absolute atomic E-state index is 0.493. The highest BCUT2D eigenvalue weighted by molar-refractivity contribution is 7.48. The molecule has 1 rings (SSSR count). The van der Waals surface area contributed by atoms with Gasteiger partial charge in [0.25, 0.3) is 0 Å². The van der Waals surface area contributed by atoms with Gasteiger partial charge in [-0.15, -0.1) is 4.52 Å². The summed E-state index contributed by atoms with van der Waals surface area (Å²) in [4.78, 5) is 0. The number of benzene rings is 1. The van der Waals surface area contributed by atoms with Crippen molar-refractivity contribution in [2.45, 2.75) is 20.3 Å². The quantitative estimate of drug-likeness (QED) is 0.693. The molecule has 0 aliphatic rings. The minimum Gasteiger partial charge on any atom is -0.142 e. The first-order chi connectivity index (χ1) is 6.29. The van der Waals surface area contributed by atoms with Gasteiger partial charge < -0.3 is 0 Å². The topological polar surface area (TPSA) is 26.3 Å². The van der Waals surface area contributed by atoms with Gasteiger partial charge in [0, 0.05) is 5.56 Å². The summed E-state index contributed by atoms with van der Waals surface area (Å²) >= 11 is 0. The van der Waals surface area contributed by atoms with Crippen LogP contribution in [0.5, 0.6) is 0 Å². The second-order valence-electron chi connectivity index (χ2n) is 2.66. The van der Waals surface area contributed by atoms with Crippen molar-refractivity contribution in [1.82, 2.24) is 0 Å². The van der Waals surface area contributed by atoms with Gasteiger partial charge in [0.05, 0.1) is 0 Å². The van der Waals surface area contributed by atoms with E-state index in [1.165, 1.54) is 0 Å². The van der Waals surface area contributed by atoms with Gasteiger partial charge >= 0.3 is 8.03 Å². The van der Waals surface area contributed by atoms with E-state index in [2.05, 4.69) is 0 Å². The van der Waals surface area contributed by atoms with Crippen molar-refractivity contribution in [2.75, 3.05) is 6.61 Å². The molecule has 1 aromatic rings. The molecule has 0 heterocycles. The van der Waals surface area contributed by atoms with Crippen LogP contribution in [0, 0.1) is 0 Å². The third kappa shape index (κ3) is 2.61. The highest BCUT2D eigenvalue weighted by Gasteiger charge is 2.23. The molecule has 0 aromatic heterocycles. The van der Waals surface area contributed by atoms with Crippen LogP contribution in [0.4, 0.5) is 0 Å². The molecule has 70 valence electrons. The first-order valence-electron chi connectivity index (χ1n) is 4.47. The number of rotatable bonds is 4. The number of hydrogen-bond acceptors (Lipinski definition) is 2. The Hall–Kier alpha value is -0.720. The van der Waals surface area contributed by atoms with E-state index in [0.717, 1.165) is 17.3 Å². The van der Waals surface area contributed by atoms with E-state index >= 15 is 0 Å². The van der Waals surface area contributed by atoms with Gasteiger partial charge in [0.15, 0.2) is 0 Å². The molecule has 0 aliphatic carbocycles. The predicted molar refractivity (Wildman–Crippen MR) is 54.7 cm³/mol. The first-order valence-corrected chi connectivity index (χ1v) is 5.65. The van der Waals surface area contributed by atoms with Gasteiger partial charge in [0.1, 0.15) is 6.61 Å². The summed E-state index contributed by atoms with van der Waals surface area (Å²) in [5.74, 6) is 0. The standard InChI is InChI=1S/C10H14O2P/c1-3-9-7-5-6-8-10(9)13(11)12-4-2/h5-8H,3-4H2,1-2H3/q+1. The third-order valence-corrected chi connectivity index (χ3v) is 3.14. The molecule has 0 fully saturated rings. The van der Waals surface area contributed by atoms with E-state index in [9.17, 15) is 4.57 Å². The Morgan fingerprint density at radius 1 is 1.31 bits per heavy atom. The molecule has 0 radical (unpaired) electrons. The maximum absolute atomic E-state index is 11.6. The fraction of sp³-hybridized carbons (Fsp3) is 0.400. The molecule has 1 aromatic carbocycles. The van der Waals surface area contributed by atoms with Gasteiger partial charge in [-0.1, -0.05) is 25.1 Å². The molecule has 0 amide bonds. The zero-order chi connectivity index (χ0) is 9.68. The maximum atomic E-state index is 11.6. The Labute approximate surface area is 79.8 Å². The Kier molecular flexibility index (Phi) is 4.07. The van der Waals surface area contributed by atoms with Crippen molar-refractivity contribution < 1.29 is 9.09 Å². The van der Waals surface area contributed by atoms with E-state index in [1.54, 1.807) is 0 Å². The van der Waals surface area contributed by atoms with Crippen molar-refractivity contribution in [3.63, 3.8) is 0 Å². The summed E-state index contributed by atoms with van der Waals surface area (Å²) in [7, 11) is -1.65. The lowest BCUT2D eigenvalue weighted by atomic mass is 10.2. The number of hydrogen-bond donors (Lipinski definition) is 0. The normalized spacial score (nSPS) is 11.4. The summed E-state index contributed by atoms with van der Waals surface area (Å²) in [6, 6.07) is 7.70. The van der Waals surface area contributed by atoms with Crippen LogP contribution in [0.15, 0.2) is 24.3 Å². The van der Waals surface area contributed by atoms with Crippen LogP contribution in [-0.2, 0) is 15.5 Å². The third-order valence-electron chi connectivity index (χ3n) is 1.82. The maximum Gasteiger partial charge on any atom is 0.548 e. The summed E-state index contributed by atoms with van der Waals surface area (Å²) in [5.41, 5.74) is 1.11. The summed E-state index contributed by atoms with van der Waals surface area (Å²) < 4.78 is 16.6. The molecule has 13 heavy (non-hydrogen) atoms. The zero-order valence-corrected chi connectivity index (χ0v) is 8.88. The van der Waals surface area contributed by atoms with E-state index in [-0.39, 0.29) is 0 Å². The van der Waals surface area contributed by atoms with Gasteiger partial charge in [-0.05, 0) is 24.0 Å². The van der Waals surface area contributed by atoms with Gasteiger partial charge in [-0.2, -0.15) is 0 Å². The average molecular weight is 197 g/mol. The van der Waals surface area contributed by atoms with Gasteiger partial charge in [-0.25, -0.2) is 0 Å². The summed E-state index contributed by atoms with van der Waals surface area (Å²) in [5, 5.41) is 0.835. The first kappa shape index (κ1) is 10.4. The van der Waals surface area contributed by atoms with Crippen molar-refractivity contribution >= 4 is 13.3 Å². The zero-order valence-electron chi connectivity index (χ0n) is 7.99. The molecular formula is C10H14O2P+. The van der Waals surface area contributed by atoms with E-state index in [4.69, 9.17) is 4.52 Å². The molecule has 0 bridgehead atoms. The van der Waals surface area contributed by atoms with E-state index in [1.807, 2.05) is 38.1 Å². The molecule has 0 N–H and O–H groups in total. The van der Waals surface area contributed by atoms with Crippen LogP contribution in [0.1, 0.15) is 19.4 Å². The second-order valence-corrected chi connectivity index (χ2v) is 3.91. The molecular weight excluding hydrogens is 183 g/mol. The molecule has 0 saturated carbocycles. The summed E-state index contributed by atoms with van der Waals surface area (Å²) in [6.07, 6.45) is 0.893. The van der Waals surface area contributed by atoms with Crippen LogP contribution in [0.2, 0.25) is 0 Å². The summed E-state index contributed by atoms with van der Waals surface area (Å²) in [6.45, 7) is 4.39. The molecule has 0 spiro atoms. The fourth-order valence-electron chi connectivity index (χ4n) is 1.17. The molecule has 0 saturated heterocycles. The SMILES string of the molecule is CCO[P+](=O)c1ccccc1CC. The number of aryl methyl sites for hydroxylation is 1. The van der Waals surface area contributed by atoms with Crippen molar-refractivity contribution in [3.05, 3.63) is 29.8 Å². The van der Waals surface area contributed by atoms with Crippen molar-refractivity contribution in [3.8, 4) is 0 Å². The lowest BCUT2D eigenvalue weighted by molar-refractivity contribution is 0.357. The monoisotopic (exact) mass is 197 g/mol. The van der Waals surface area contributed by atoms with Crippen LogP contribution < -0.4 is 5.30 Å². The smallest absolute Gasteiger partial charge is 0.142 e. The highest BCUT2D eigenvalue weighted by atomic mass is 31.1. The van der Waals surface area contributed by atoms with Crippen LogP contribution in [-0.4, -0.2) is 6.61 Å². The Balaban J connectivity index is 2.92.